The first-order valence-corrected chi connectivity index (χ1v) is 11.5. The molecule has 3 amide bonds. The van der Waals surface area contributed by atoms with Crippen molar-refractivity contribution in [3.63, 3.8) is 0 Å². The lowest BCUT2D eigenvalue weighted by Gasteiger charge is -2.21. The molecule has 0 saturated carbocycles. The largest absolute Gasteiger partial charge is 0.326 e. The average Bonchev–Trinajstić information content (AvgIpc) is 3.22. The van der Waals surface area contributed by atoms with Crippen molar-refractivity contribution in [1.29, 1.82) is 0 Å². The molecule has 0 saturated heterocycles. The summed E-state index contributed by atoms with van der Waals surface area (Å²) in [5.74, 6) is 0.138. The molecule has 0 spiro atoms. The van der Waals surface area contributed by atoms with Gasteiger partial charge in [-0.3, -0.25) is 10.1 Å². The maximum atomic E-state index is 12.7. The van der Waals surface area contributed by atoms with Crippen molar-refractivity contribution in [2.75, 3.05) is 10.6 Å². The lowest BCUT2D eigenvalue weighted by Crippen LogP contribution is -2.43. The smallest absolute Gasteiger partial charge is 0.319 e. The number of nitrogens with zero attached hydrogens (tertiary/aromatic N) is 2. The Morgan fingerprint density at radius 1 is 0.812 bits per heavy atom. The Kier molecular flexibility index (Phi) is 7.58. The van der Waals surface area contributed by atoms with Gasteiger partial charge in [0.1, 0.15) is 11.0 Å². The van der Waals surface area contributed by atoms with Crippen molar-refractivity contribution in [2.45, 2.75) is 52.5 Å². The molecular formula is C24H29N5O2S. The average molecular weight is 452 g/mol. The second kappa shape index (κ2) is 10.4. The van der Waals surface area contributed by atoms with Crippen LogP contribution in [0.15, 0.2) is 48.5 Å². The summed E-state index contributed by atoms with van der Waals surface area (Å²) < 4.78 is 0. The predicted octanol–water partition coefficient (Wildman–Crippen LogP) is 5.60. The van der Waals surface area contributed by atoms with E-state index in [0.717, 1.165) is 22.4 Å². The predicted molar refractivity (Wildman–Crippen MR) is 130 cm³/mol. The highest BCUT2D eigenvalue weighted by Gasteiger charge is 2.20. The number of amides is 3. The van der Waals surface area contributed by atoms with Gasteiger partial charge in [-0.15, -0.1) is 10.2 Å². The van der Waals surface area contributed by atoms with E-state index in [1.165, 1.54) is 11.3 Å². The molecule has 1 atom stereocenters. The quantitative estimate of drug-likeness (QED) is 0.436. The number of nitrogens with one attached hydrogen (secondary N) is 3. The number of carbonyl (C=O) groups excluding carboxylic acids is 2. The van der Waals surface area contributed by atoms with Crippen LogP contribution < -0.4 is 16.0 Å². The Morgan fingerprint density at radius 3 is 2.03 bits per heavy atom. The fraction of sp³-hybridized carbons (Fsp3) is 0.333. The lowest BCUT2D eigenvalue weighted by molar-refractivity contribution is -0.117. The number of para-hydroxylation sites is 1. The number of aromatic nitrogens is 2. The topological polar surface area (TPSA) is 96.0 Å². The molecule has 1 unspecified atom stereocenters. The van der Waals surface area contributed by atoms with E-state index in [-0.39, 0.29) is 17.7 Å². The maximum Gasteiger partial charge on any atom is 0.319 e. The number of rotatable bonds is 7. The molecule has 0 fully saturated rings. The van der Waals surface area contributed by atoms with Gasteiger partial charge in [-0.2, -0.15) is 0 Å². The number of hydrogen-bond acceptors (Lipinski definition) is 5. The van der Waals surface area contributed by atoms with Crippen molar-refractivity contribution in [3.05, 3.63) is 59.7 Å². The SMILES string of the molecule is CC(NC(=O)Nc1c(C(C)C)cccc1C(C)C)C(=O)Nc1nnc(-c2ccccc2)s1. The summed E-state index contributed by atoms with van der Waals surface area (Å²) in [5.41, 5.74) is 3.86. The third-order valence-corrected chi connectivity index (χ3v) is 5.92. The molecule has 168 valence electrons. The first kappa shape index (κ1) is 23.4. The van der Waals surface area contributed by atoms with E-state index in [1.54, 1.807) is 6.92 Å². The summed E-state index contributed by atoms with van der Waals surface area (Å²) in [5, 5.41) is 17.7. The molecule has 2 aromatic carbocycles. The Labute approximate surface area is 192 Å². The van der Waals surface area contributed by atoms with Crippen molar-refractivity contribution in [2.24, 2.45) is 0 Å². The Bertz CT molecular complexity index is 1050. The van der Waals surface area contributed by atoms with Gasteiger partial charge in [0.05, 0.1) is 0 Å². The highest BCUT2D eigenvalue weighted by atomic mass is 32.1. The molecular weight excluding hydrogens is 422 g/mol. The van der Waals surface area contributed by atoms with Crippen LogP contribution >= 0.6 is 11.3 Å². The zero-order chi connectivity index (χ0) is 23.3. The van der Waals surface area contributed by atoms with E-state index >= 15 is 0 Å². The highest BCUT2D eigenvalue weighted by Crippen LogP contribution is 2.32. The van der Waals surface area contributed by atoms with Crippen LogP contribution in [0.5, 0.6) is 0 Å². The van der Waals surface area contributed by atoms with Gasteiger partial charge in [-0.05, 0) is 29.9 Å². The van der Waals surface area contributed by atoms with Crippen LogP contribution in [0.25, 0.3) is 10.6 Å². The lowest BCUT2D eigenvalue weighted by atomic mass is 9.93. The van der Waals surface area contributed by atoms with Gasteiger partial charge in [0, 0.05) is 11.3 Å². The molecule has 0 aliphatic heterocycles. The number of carbonyl (C=O) groups is 2. The number of benzene rings is 2. The Morgan fingerprint density at radius 2 is 1.44 bits per heavy atom. The van der Waals surface area contributed by atoms with E-state index in [0.29, 0.717) is 10.1 Å². The van der Waals surface area contributed by atoms with Crippen LogP contribution in [-0.2, 0) is 4.79 Å². The first-order valence-electron chi connectivity index (χ1n) is 10.7. The summed E-state index contributed by atoms with van der Waals surface area (Å²) in [6.45, 7) is 9.98. The minimum absolute atomic E-state index is 0.251. The minimum atomic E-state index is -0.757. The summed E-state index contributed by atoms with van der Waals surface area (Å²) in [6, 6.07) is 14.5. The second-order valence-corrected chi connectivity index (χ2v) is 9.19. The van der Waals surface area contributed by atoms with Gasteiger partial charge < -0.3 is 10.6 Å². The Balaban J connectivity index is 1.64. The fourth-order valence-corrected chi connectivity index (χ4v) is 4.04. The molecule has 0 aliphatic rings. The van der Waals surface area contributed by atoms with Gasteiger partial charge in [0.25, 0.3) is 0 Å². The van der Waals surface area contributed by atoms with Crippen molar-refractivity contribution in [1.82, 2.24) is 15.5 Å². The molecule has 32 heavy (non-hydrogen) atoms. The monoisotopic (exact) mass is 451 g/mol. The van der Waals surface area contributed by atoms with Gasteiger partial charge in [0.2, 0.25) is 11.0 Å². The molecule has 3 aromatic rings. The molecule has 8 heteroatoms. The van der Waals surface area contributed by atoms with E-state index in [1.807, 2.05) is 48.5 Å². The third-order valence-electron chi connectivity index (χ3n) is 5.03. The maximum absolute atomic E-state index is 12.7. The molecule has 0 aliphatic carbocycles. The zero-order valence-electron chi connectivity index (χ0n) is 19.0. The van der Waals surface area contributed by atoms with E-state index in [9.17, 15) is 9.59 Å². The molecule has 1 aromatic heterocycles. The highest BCUT2D eigenvalue weighted by molar-refractivity contribution is 7.18. The van der Waals surface area contributed by atoms with Crippen molar-refractivity contribution in [3.8, 4) is 10.6 Å². The second-order valence-electron chi connectivity index (χ2n) is 8.21. The molecule has 0 bridgehead atoms. The summed E-state index contributed by atoms with van der Waals surface area (Å²) >= 11 is 1.28. The van der Waals surface area contributed by atoms with Crippen LogP contribution in [0, 0.1) is 0 Å². The molecule has 3 rings (SSSR count). The summed E-state index contributed by atoms with van der Waals surface area (Å²) in [4.78, 5) is 25.3. The Hall–Kier alpha value is -3.26. The van der Waals surface area contributed by atoms with Crippen LogP contribution in [0.1, 0.15) is 57.6 Å². The molecule has 1 heterocycles. The first-order chi connectivity index (χ1) is 15.3. The zero-order valence-corrected chi connectivity index (χ0v) is 19.8. The van der Waals surface area contributed by atoms with Crippen LogP contribution in [0.3, 0.4) is 0 Å². The van der Waals surface area contributed by atoms with E-state index in [4.69, 9.17) is 0 Å². The number of hydrogen-bond donors (Lipinski definition) is 3. The van der Waals surface area contributed by atoms with E-state index < -0.39 is 12.1 Å². The molecule has 7 nitrogen and oxygen atoms in total. The normalized spacial score (nSPS) is 12.0. The van der Waals surface area contributed by atoms with Crippen LogP contribution in [0.4, 0.5) is 15.6 Å². The summed E-state index contributed by atoms with van der Waals surface area (Å²) in [6.07, 6.45) is 0. The van der Waals surface area contributed by atoms with Gasteiger partial charge in [-0.1, -0.05) is 87.6 Å². The van der Waals surface area contributed by atoms with E-state index in [2.05, 4.69) is 53.8 Å². The third kappa shape index (κ3) is 5.70. The van der Waals surface area contributed by atoms with Crippen molar-refractivity contribution < 1.29 is 9.59 Å². The standard InChI is InChI=1S/C24H29N5O2S/c1-14(2)18-12-9-13-19(15(3)4)20(18)26-23(31)25-16(5)21(30)27-24-29-28-22(32-24)17-10-7-6-8-11-17/h6-16H,1-5H3,(H2,25,26,31)(H,27,29,30). The number of anilines is 2. The van der Waals surface area contributed by atoms with Crippen LogP contribution in [0.2, 0.25) is 0 Å². The molecule has 0 radical (unpaired) electrons. The van der Waals surface area contributed by atoms with Gasteiger partial charge in [-0.25, -0.2) is 4.79 Å². The van der Waals surface area contributed by atoms with Crippen molar-refractivity contribution >= 4 is 34.1 Å². The van der Waals surface area contributed by atoms with Crippen LogP contribution in [-0.4, -0.2) is 28.2 Å². The van der Waals surface area contributed by atoms with Gasteiger partial charge >= 0.3 is 6.03 Å². The fourth-order valence-electron chi connectivity index (χ4n) is 3.29. The summed E-state index contributed by atoms with van der Waals surface area (Å²) in [7, 11) is 0. The molecule has 3 N–H and O–H groups in total. The van der Waals surface area contributed by atoms with Gasteiger partial charge in [0.15, 0.2) is 0 Å². The minimum Gasteiger partial charge on any atom is -0.326 e. The number of urea groups is 1.